The Balaban J connectivity index is 1.29. The number of carbonyl (C=O) groups excluding carboxylic acids is 2. The minimum Gasteiger partial charge on any atom is -0.388 e. The van der Waals surface area contributed by atoms with E-state index in [4.69, 9.17) is 5.43 Å². The topological polar surface area (TPSA) is 61.1 Å². The number of quaternary nitrogens is 1. The SMILES string of the molecule is C[C@]12CCC3C(CC[C@@]45[N-][N+]4(C)C(=O)C(F)=C[C@]35C)[C@@H]1CC[C@@H]2C(=O)Sc1ccccn1. The Hall–Kier alpha value is -1.57. The fourth-order valence-electron chi connectivity index (χ4n) is 8.46. The Labute approximate surface area is 192 Å². The van der Waals surface area contributed by atoms with Crippen LogP contribution in [-0.2, 0) is 9.59 Å². The number of thioether (sulfide) groups is 1. The maximum absolute atomic E-state index is 14.8. The molecule has 0 N–H and O–H groups in total. The molecule has 170 valence electrons. The van der Waals surface area contributed by atoms with E-state index in [1.165, 1.54) is 11.8 Å². The zero-order valence-electron chi connectivity index (χ0n) is 18.9. The molecule has 3 saturated carbocycles. The average Bonchev–Trinajstić information content (AvgIpc) is 3.24. The molecular formula is C25H30FN3O2S. The molecule has 6 rings (SSSR count). The molecule has 1 spiro atoms. The second-order valence-corrected chi connectivity index (χ2v) is 12.2. The van der Waals surface area contributed by atoms with Crippen molar-refractivity contribution in [2.75, 3.05) is 7.05 Å². The summed E-state index contributed by atoms with van der Waals surface area (Å²) in [6, 6.07) is 5.68. The Kier molecular flexibility index (Phi) is 4.27. The predicted molar refractivity (Wildman–Crippen MR) is 119 cm³/mol. The largest absolute Gasteiger partial charge is 0.388 e. The van der Waals surface area contributed by atoms with E-state index in [9.17, 15) is 14.0 Å². The van der Waals surface area contributed by atoms with Crippen LogP contribution in [0.3, 0.4) is 0 Å². The molecule has 3 unspecified atom stereocenters. The van der Waals surface area contributed by atoms with E-state index < -0.39 is 22.8 Å². The van der Waals surface area contributed by atoms with Crippen LogP contribution in [0.15, 0.2) is 41.3 Å². The van der Waals surface area contributed by atoms with Crippen molar-refractivity contribution in [3.05, 3.63) is 41.7 Å². The first kappa shape index (κ1) is 21.0. The molecule has 3 heterocycles. The number of likely N-dealkylation sites (N-methyl/N-ethyl adjacent to an activating group) is 1. The quantitative estimate of drug-likeness (QED) is 0.340. The summed E-state index contributed by atoms with van der Waals surface area (Å²) in [6.07, 6.45) is 9.09. The van der Waals surface area contributed by atoms with Crippen molar-refractivity contribution in [1.82, 2.24) is 4.98 Å². The molecule has 4 fully saturated rings. The van der Waals surface area contributed by atoms with Gasteiger partial charge in [-0.1, -0.05) is 19.9 Å². The molecule has 1 aromatic rings. The third-order valence-corrected chi connectivity index (χ3v) is 11.0. The van der Waals surface area contributed by atoms with Gasteiger partial charge in [-0.05, 0) is 91.7 Å². The summed E-state index contributed by atoms with van der Waals surface area (Å²) < 4.78 is 14.7. The van der Waals surface area contributed by atoms with Crippen molar-refractivity contribution < 1.29 is 18.6 Å². The summed E-state index contributed by atoms with van der Waals surface area (Å²) >= 11 is 1.28. The van der Waals surface area contributed by atoms with Gasteiger partial charge in [0, 0.05) is 17.5 Å². The van der Waals surface area contributed by atoms with Crippen LogP contribution in [0, 0.1) is 34.5 Å². The highest BCUT2D eigenvalue weighted by molar-refractivity contribution is 8.13. The van der Waals surface area contributed by atoms with Gasteiger partial charge in [-0.3, -0.25) is 4.79 Å². The van der Waals surface area contributed by atoms with Gasteiger partial charge in [-0.2, -0.15) is 4.39 Å². The van der Waals surface area contributed by atoms with Gasteiger partial charge in [0.05, 0.1) is 12.7 Å². The van der Waals surface area contributed by atoms with Crippen molar-refractivity contribution in [2.24, 2.45) is 34.5 Å². The lowest BCUT2D eigenvalue weighted by atomic mass is 9.47. The number of fused-ring (bicyclic) bond motifs is 4. The number of rotatable bonds is 2. The van der Waals surface area contributed by atoms with Crippen LogP contribution < -0.4 is 0 Å². The maximum atomic E-state index is 14.8. The van der Waals surface area contributed by atoms with Gasteiger partial charge < -0.3 is 10.0 Å². The van der Waals surface area contributed by atoms with Crippen molar-refractivity contribution in [3.63, 3.8) is 0 Å². The predicted octanol–water partition coefficient (Wildman–Crippen LogP) is 5.40. The molecule has 0 bridgehead atoms. The molecule has 5 aliphatic rings. The second kappa shape index (κ2) is 6.51. The Morgan fingerprint density at radius 2 is 2.00 bits per heavy atom. The first-order valence-corrected chi connectivity index (χ1v) is 12.6. The van der Waals surface area contributed by atoms with Gasteiger partial charge >= 0.3 is 5.91 Å². The van der Waals surface area contributed by atoms with Gasteiger partial charge in [0.2, 0.25) is 5.83 Å². The minimum atomic E-state index is -0.618. The third kappa shape index (κ3) is 2.40. The molecule has 1 amide bonds. The van der Waals surface area contributed by atoms with E-state index in [1.807, 2.05) is 18.2 Å². The monoisotopic (exact) mass is 455 g/mol. The van der Waals surface area contributed by atoms with Crippen molar-refractivity contribution >= 4 is 22.8 Å². The van der Waals surface area contributed by atoms with Crippen LogP contribution in [0.2, 0.25) is 0 Å². The van der Waals surface area contributed by atoms with Crippen LogP contribution in [0.1, 0.15) is 52.4 Å². The first-order chi connectivity index (χ1) is 15.2. The van der Waals surface area contributed by atoms with Gasteiger partial charge in [0.15, 0.2) is 5.12 Å². The molecule has 0 radical (unpaired) electrons. The second-order valence-electron chi connectivity index (χ2n) is 11.1. The maximum Gasteiger partial charge on any atom is 0.363 e. The number of amides is 1. The molecule has 1 aromatic heterocycles. The van der Waals surface area contributed by atoms with E-state index in [1.54, 1.807) is 19.3 Å². The number of hydrogen-bond acceptors (Lipinski definition) is 4. The molecular weight excluding hydrogens is 425 g/mol. The fourth-order valence-corrected chi connectivity index (χ4v) is 9.46. The zero-order valence-corrected chi connectivity index (χ0v) is 19.7. The molecule has 5 nitrogen and oxygen atoms in total. The highest BCUT2D eigenvalue weighted by Gasteiger charge is 2.75. The molecule has 3 aliphatic carbocycles. The van der Waals surface area contributed by atoms with Gasteiger partial charge in [-0.15, -0.1) is 0 Å². The number of nitrogens with zero attached hydrogens (tertiary/aromatic N) is 3. The summed E-state index contributed by atoms with van der Waals surface area (Å²) in [5, 5.41) is 1.01. The van der Waals surface area contributed by atoms with Crippen molar-refractivity contribution in [1.29, 1.82) is 0 Å². The van der Waals surface area contributed by atoms with Gasteiger partial charge in [-0.25, -0.2) is 9.78 Å². The van der Waals surface area contributed by atoms with Crippen molar-refractivity contribution in [3.8, 4) is 0 Å². The van der Waals surface area contributed by atoms with Crippen LogP contribution in [0.5, 0.6) is 0 Å². The zero-order chi connectivity index (χ0) is 22.5. The fraction of sp³-hybridized carbons (Fsp3) is 0.640. The molecule has 7 heteroatoms. The van der Waals surface area contributed by atoms with E-state index in [0.717, 1.165) is 43.6 Å². The minimum absolute atomic E-state index is 0.0213. The number of pyridine rings is 1. The van der Waals surface area contributed by atoms with Crippen LogP contribution >= 0.6 is 11.8 Å². The highest BCUT2D eigenvalue weighted by atomic mass is 32.2. The standard InChI is InChI=1S/C25H30FN3O2S/c1-23-11-10-17-15(9-12-25-24(17,2)14-19(26)21(30)29(25,3)28-25)16(23)7-8-18(23)22(31)32-20-6-4-5-13-27-20/h4-6,13-18H,7-12H2,1-3H3/t15?,16-,17?,18+,23-,24+,25+,29?/m0/s1. The summed E-state index contributed by atoms with van der Waals surface area (Å²) in [5.41, 5.74) is 3.81. The number of carbonyl (C=O) groups is 2. The smallest absolute Gasteiger partial charge is 0.363 e. The number of halogens is 1. The van der Waals surface area contributed by atoms with Crippen LogP contribution in [0.4, 0.5) is 4.39 Å². The van der Waals surface area contributed by atoms with Crippen LogP contribution in [0.25, 0.3) is 5.43 Å². The molecule has 1 saturated heterocycles. The summed E-state index contributed by atoms with van der Waals surface area (Å²) in [4.78, 5) is 30.2. The highest BCUT2D eigenvalue weighted by Crippen LogP contribution is 2.76. The van der Waals surface area contributed by atoms with E-state index in [0.29, 0.717) is 17.8 Å². The summed E-state index contributed by atoms with van der Waals surface area (Å²) in [5.74, 6) is 0.140. The van der Waals surface area contributed by atoms with Crippen LogP contribution in [-0.4, -0.2) is 33.3 Å². The molecule has 0 aromatic carbocycles. The molecule has 32 heavy (non-hydrogen) atoms. The lowest BCUT2D eigenvalue weighted by Gasteiger charge is -2.59. The normalized spacial score (nSPS) is 48.8. The van der Waals surface area contributed by atoms with E-state index >= 15 is 0 Å². The van der Waals surface area contributed by atoms with Gasteiger partial charge in [0.25, 0.3) is 0 Å². The lowest BCUT2D eigenvalue weighted by Crippen LogP contribution is -2.60. The third-order valence-electron chi connectivity index (χ3n) is 10.1. The molecule has 8 atom stereocenters. The van der Waals surface area contributed by atoms with E-state index in [-0.39, 0.29) is 21.0 Å². The lowest BCUT2D eigenvalue weighted by molar-refractivity contribution is -0.723. The van der Waals surface area contributed by atoms with Crippen molar-refractivity contribution in [2.45, 2.75) is 63.1 Å². The van der Waals surface area contributed by atoms with Gasteiger partial charge in [0.1, 0.15) is 5.03 Å². The number of hydrogen-bond donors (Lipinski definition) is 0. The molecule has 2 aliphatic heterocycles. The Morgan fingerprint density at radius 1 is 1.19 bits per heavy atom. The van der Waals surface area contributed by atoms with E-state index in [2.05, 4.69) is 18.8 Å². The summed E-state index contributed by atoms with van der Waals surface area (Å²) in [6.45, 7) is 4.46. The first-order valence-electron chi connectivity index (χ1n) is 11.8. The summed E-state index contributed by atoms with van der Waals surface area (Å²) in [7, 11) is 1.78. The Bertz CT molecular complexity index is 1050. The number of aromatic nitrogens is 1. The Morgan fingerprint density at radius 3 is 2.75 bits per heavy atom. The average molecular weight is 456 g/mol.